The van der Waals surface area contributed by atoms with Crippen molar-refractivity contribution in [2.75, 3.05) is 0 Å². The van der Waals surface area contributed by atoms with Crippen LogP contribution in [-0.4, -0.2) is 5.97 Å². The number of unbranched alkanes of at least 4 members (excludes halogenated alkanes) is 2. The highest BCUT2D eigenvalue weighted by Crippen LogP contribution is 2.38. The molecule has 0 unspecified atom stereocenters. The molecule has 0 amide bonds. The van der Waals surface area contributed by atoms with E-state index in [-0.39, 0.29) is 5.97 Å². The first kappa shape index (κ1) is 18.9. The van der Waals surface area contributed by atoms with E-state index in [0.717, 1.165) is 11.3 Å². The van der Waals surface area contributed by atoms with E-state index in [2.05, 4.69) is 31.2 Å². The number of rotatable bonds is 7. The van der Waals surface area contributed by atoms with E-state index in [4.69, 9.17) is 4.74 Å². The van der Waals surface area contributed by atoms with Crippen molar-refractivity contribution in [2.24, 2.45) is 5.92 Å². The average molecular weight is 353 g/mol. The van der Waals surface area contributed by atoms with Crippen molar-refractivity contribution in [2.45, 2.75) is 77.6 Å². The second-order valence-corrected chi connectivity index (χ2v) is 7.81. The van der Waals surface area contributed by atoms with Gasteiger partial charge in [-0.15, -0.1) is 0 Å². The molecule has 0 heterocycles. The van der Waals surface area contributed by atoms with Gasteiger partial charge in [-0.05, 0) is 66.0 Å². The predicted molar refractivity (Wildman–Crippen MR) is 109 cm³/mol. The summed E-state index contributed by atoms with van der Waals surface area (Å²) in [5.41, 5.74) is 1.47. The second-order valence-electron chi connectivity index (χ2n) is 7.81. The quantitative estimate of drug-likeness (QED) is 0.304. The maximum atomic E-state index is 11.5. The molecule has 26 heavy (non-hydrogen) atoms. The Morgan fingerprint density at radius 2 is 1.69 bits per heavy atom. The van der Waals surface area contributed by atoms with Crippen LogP contribution in [0.5, 0.6) is 5.75 Å². The monoisotopic (exact) mass is 352 g/mol. The molecule has 1 saturated carbocycles. The normalized spacial score (nSPS) is 20.2. The third-order valence-electron chi connectivity index (χ3n) is 5.89. The first-order chi connectivity index (χ1) is 12.7. The highest BCUT2D eigenvalue weighted by molar-refractivity contribution is 5.85. The predicted octanol–water partition coefficient (Wildman–Crippen LogP) is 7.01. The summed E-state index contributed by atoms with van der Waals surface area (Å²) < 4.78 is 5.33. The van der Waals surface area contributed by atoms with E-state index in [1.165, 1.54) is 62.3 Å². The van der Waals surface area contributed by atoms with E-state index >= 15 is 0 Å². The average Bonchev–Trinajstić information content (AvgIpc) is 2.68. The summed E-state index contributed by atoms with van der Waals surface area (Å²) in [7, 11) is 0. The molecule has 140 valence electrons. The fourth-order valence-electron chi connectivity index (χ4n) is 4.23. The lowest BCUT2D eigenvalue weighted by Crippen LogP contribution is -2.13. The fraction of sp³-hybridized carbons (Fsp3) is 0.542. The summed E-state index contributed by atoms with van der Waals surface area (Å²) in [5.74, 6) is 2.12. The summed E-state index contributed by atoms with van der Waals surface area (Å²) in [6, 6.07) is 12.7. The lowest BCUT2D eigenvalue weighted by Gasteiger charge is -2.29. The van der Waals surface area contributed by atoms with Crippen molar-refractivity contribution in [1.29, 1.82) is 0 Å². The van der Waals surface area contributed by atoms with Crippen LogP contribution in [-0.2, 0) is 4.79 Å². The van der Waals surface area contributed by atoms with Crippen molar-refractivity contribution in [3.05, 3.63) is 42.0 Å². The molecular formula is C24H32O2. The minimum absolute atomic E-state index is 0.184. The maximum absolute atomic E-state index is 11.5. The standard InChI is InChI=1S/C24H32O2/c1-3-5-6-7-18-8-10-19(11-9-18)20-12-13-22-17-23(26-24(25)4-2)15-14-21(22)16-20/h12-19H,3-11H2,1-2H3/t18-,19-. The SMILES string of the molecule is CCCCC[C@H]1CC[C@H](c2ccc3cc(OC(=O)CC)ccc3c2)CC1. The fourth-order valence-corrected chi connectivity index (χ4v) is 4.23. The zero-order valence-corrected chi connectivity index (χ0v) is 16.3. The smallest absolute Gasteiger partial charge is 0.310 e. The maximum Gasteiger partial charge on any atom is 0.310 e. The molecule has 2 heteroatoms. The summed E-state index contributed by atoms with van der Waals surface area (Å²) in [6.07, 6.45) is 11.4. The number of esters is 1. The van der Waals surface area contributed by atoms with Crippen LogP contribution in [0.3, 0.4) is 0 Å². The number of fused-ring (bicyclic) bond motifs is 1. The summed E-state index contributed by atoms with van der Waals surface area (Å²) >= 11 is 0. The molecule has 0 bridgehead atoms. The number of ether oxygens (including phenoxy) is 1. The van der Waals surface area contributed by atoms with Gasteiger partial charge in [0.1, 0.15) is 5.75 Å². The molecule has 1 aliphatic carbocycles. The third kappa shape index (κ3) is 4.87. The number of carbonyl (C=O) groups is 1. The van der Waals surface area contributed by atoms with Crippen molar-refractivity contribution in [1.82, 2.24) is 0 Å². The van der Waals surface area contributed by atoms with Crippen LogP contribution in [0, 0.1) is 5.92 Å². The molecule has 3 rings (SSSR count). The van der Waals surface area contributed by atoms with E-state index in [0.29, 0.717) is 18.1 Å². The zero-order chi connectivity index (χ0) is 18.4. The van der Waals surface area contributed by atoms with E-state index in [9.17, 15) is 4.79 Å². The molecule has 0 radical (unpaired) electrons. The minimum Gasteiger partial charge on any atom is -0.427 e. The van der Waals surface area contributed by atoms with Gasteiger partial charge >= 0.3 is 5.97 Å². The Labute approximate surface area is 157 Å². The molecule has 0 N–H and O–H groups in total. The Balaban J connectivity index is 1.62. The number of carbonyl (C=O) groups excluding carboxylic acids is 1. The van der Waals surface area contributed by atoms with Crippen LogP contribution in [0.2, 0.25) is 0 Å². The summed E-state index contributed by atoms with van der Waals surface area (Å²) in [5, 5.41) is 2.38. The van der Waals surface area contributed by atoms with Crippen LogP contribution in [0.1, 0.15) is 83.1 Å². The Hall–Kier alpha value is -1.83. The molecule has 0 aliphatic heterocycles. The van der Waals surface area contributed by atoms with Gasteiger partial charge in [0.25, 0.3) is 0 Å². The molecular weight excluding hydrogens is 320 g/mol. The molecule has 2 nitrogen and oxygen atoms in total. The first-order valence-electron chi connectivity index (χ1n) is 10.4. The molecule has 0 aromatic heterocycles. The number of hydrogen-bond acceptors (Lipinski definition) is 2. The van der Waals surface area contributed by atoms with Gasteiger partial charge in [-0.2, -0.15) is 0 Å². The van der Waals surface area contributed by atoms with Crippen LogP contribution in [0.4, 0.5) is 0 Å². The van der Waals surface area contributed by atoms with Gasteiger partial charge in [-0.25, -0.2) is 0 Å². The van der Waals surface area contributed by atoms with Crippen LogP contribution in [0.15, 0.2) is 36.4 Å². The van der Waals surface area contributed by atoms with Gasteiger partial charge in [0.05, 0.1) is 0 Å². The van der Waals surface area contributed by atoms with Crippen LogP contribution >= 0.6 is 0 Å². The zero-order valence-electron chi connectivity index (χ0n) is 16.3. The summed E-state index contributed by atoms with van der Waals surface area (Å²) in [4.78, 5) is 11.5. The third-order valence-corrected chi connectivity index (χ3v) is 5.89. The molecule has 0 atom stereocenters. The Bertz CT molecular complexity index is 726. The number of hydrogen-bond donors (Lipinski definition) is 0. The van der Waals surface area contributed by atoms with Gasteiger partial charge in [-0.3, -0.25) is 4.79 Å². The molecule has 0 saturated heterocycles. The highest BCUT2D eigenvalue weighted by atomic mass is 16.5. The molecule has 2 aromatic carbocycles. The largest absolute Gasteiger partial charge is 0.427 e. The van der Waals surface area contributed by atoms with Crippen LogP contribution in [0.25, 0.3) is 10.8 Å². The van der Waals surface area contributed by atoms with Gasteiger partial charge in [0, 0.05) is 6.42 Å². The van der Waals surface area contributed by atoms with Crippen molar-refractivity contribution < 1.29 is 9.53 Å². The summed E-state index contributed by atoms with van der Waals surface area (Å²) in [6.45, 7) is 4.10. The molecule has 0 spiro atoms. The minimum atomic E-state index is -0.184. The van der Waals surface area contributed by atoms with Gasteiger partial charge in [-0.1, -0.05) is 63.8 Å². The number of benzene rings is 2. The van der Waals surface area contributed by atoms with E-state index in [1.807, 2.05) is 19.1 Å². The molecule has 1 fully saturated rings. The Kier molecular flexibility index (Phi) is 6.71. The van der Waals surface area contributed by atoms with Crippen molar-refractivity contribution >= 4 is 16.7 Å². The molecule has 2 aromatic rings. The molecule has 1 aliphatic rings. The van der Waals surface area contributed by atoms with Crippen molar-refractivity contribution in [3.8, 4) is 5.75 Å². The van der Waals surface area contributed by atoms with Gasteiger partial charge in [0.2, 0.25) is 0 Å². The van der Waals surface area contributed by atoms with Gasteiger partial charge < -0.3 is 4.74 Å². The van der Waals surface area contributed by atoms with Crippen molar-refractivity contribution in [3.63, 3.8) is 0 Å². The lowest BCUT2D eigenvalue weighted by molar-refractivity contribution is -0.134. The lowest BCUT2D eigenvalue weighted by atomic mass is 9.77. The topological polar surface area (TPSA) is 26.3 Å². The van der Waals surface area contributed by atoms with Crippen LogP contribution < -0.4 is 4.74 Å². The second kappa shape index (κ2) is 9.21. The van der Waals surface area contributed by atoms with E-state index < -0.39 is 0 Å². The van der Waals surface area contributed by atoms with E-state index in [1.54, 1.807) is 0 Å². The first-order valence-corrected chi connectivity index (χ1v) is 10.4. The Morgan fingerprint density at radius 1 is 0.962 bits per heavy atom. The Morgan fingerprint density at radius 3 is 2.42 bits per heavy atom. The van der Waals surface area contributed by atoms with Gasteiger partial charge in [0.15, 0.2) is 0 Å². The highest BCUT2D eigenvalue weighted by Gasteiger charge is 2.22.